The van der Waals surface area contributed by atoms with Gasteiger partial charge in [0.05, 0.1) is 29.4 Å². The predicted octanol–water partition coefficient (Wildman–Crippen LogP) is 1.36. The molecule has 0 radical (unpaired) electrons. The maximum atomic E-state index is 13.3. The number of likely N-dealkylation sites (N-methyl/N-ethyl adjacent to an activating group) is 1. The van der Waals surface area contributed by atoms with Crippen molar-refractivity contribution in [3.63, 3.8) is 0 Å². The van der Waals surface area contributed by atoms with Gasteiger partial charge in [0.1, 0.15) is 6.04 Å². The summed E-state index contributed by atoms with van der Waals surface area (Å²) in [5, 5.41) is 10.0. The third-order valence-electron chi connectivity index (χ3n) is 8.00. The van der Waals surface area contributed by atoms with Crippen LogP contribution in [0.25, 0.3) is 0 Å². The van der Waals surface area contributed by atoms with Gasteiger partial charge in [0, 0.05) is 50.0 Å². The highest BCUT2D eigenvalue weighted by Gasteiger charge is 2.45. The second kappa shape index (κ2) is 9.26. The van der Waals surface area contributed by atoms with E-state index in [2.05, 4.69) is 15.7 Å². The molecule has 0 spiro atoms. The van der Waals surface area contributed by atoms with E-state index in [9.17, 15) is 24.0 Å². The lowest BCUT2D eigenvalue weighted by Crippen LogP contribution is -2.54. The molecular formula is C26H29N7O5. The van der Waals surface area contributed by atoms with Crippen LogP contribution in [-0.4, -0.2) is 85.9 Å². The molecule has 12 heteroatoms. The van der Waals surface area contributed by atoms with Crippen LogP contribution in [0.1, 0.15) is 64.9 Å². The molecular weight excluding hydrogens is 490 g/mol. The van der Waals surface area contributed by atoms with Crippen molar-refractivity contribution in [2.45, 2.75) is 57.3 Å². The molecule has 1 aromatic carbocycles. The number of urea groups is 1. The third kappa shape index (κ3) is 3.91. The van der Waals surface area contributed by atoms with Crippen molar-refractivity contribution in [3.05, 3.63) is 47.3 Å². The Labute approximate surface area is 218 Å². The summed E-state index contributed by atoms with van der Waals surface area (Å²) in [4.78, 5) is 67.5. The minimum absolute atomic E-state index is 0.0752. The predicted molar refractivity (Wildman–Crippen MR) is 134 cm³/mol. The number of fused-ring (bicyclic) bond motifs is 2. The fourth-order valence-electron chi connectivity index (χ4n) is 6.00. The number of hydrogen-bond donors (Lipinski definition) is 2. The zero-order valence-corrected chi connectivity index (χ0v) is 21.1. The molecule has 3 saturated heterocycles. The Morgan fingerprint density at radius 1 is 1.08 bits per heavy atom. The highest BCUT2D eigenvalue weighted by molar-refractivity contribution is 6.25. The molecule has 198 valence electrons. The quantitative estimate of drug-likeness (QED) is 0.550. The number of rotatable bonds is 6. The van der Waals surface area contributed by atoms with E-state index in [4.69, 9.17) is 0 Å². The van der Waals surface area contributed by atoms with Crippen LogP contribution >= 0.6 is 0 Å². The van der Waals surface area contributed by atoms with E-state index in [0.717, 1.165) is 36.4 Å². The number of aromatic nitrogens is 2. The first-order chi connectivity index (χ1) is 18.4. The van der Waals surface area contributed by atoms with Crippen molar-refractivity contribution in [1.29, 1.82) is 0 Å². The SMILES string of the molecule is CCN1CC2CC(n3cc(CNc4cccc5c4C(=O)N(C4CCC(=O)NC4=O)C5=O)cn3)CCN2C1=O. The Bertz CT molecular complexity index is 1350. The summed E-state index contributed by atoms with van der Waals surface area (Å²) >= 11 is 0. The zero-order chi connectivity index (χ0) is 26.6. The molecule has 4 aliphatic rings. The van der Waals surface area contributed by atoms with Gasteiger partial charge in [-0.1, -0.05) is 6.07 Å². The maximum Gasteiger partial charge on any atom is 0.320 e. The largest absolute Gasteiger partial charge is 0.380 e. The van der Waals surface area contributed by atoms with Crippen LogP contribution in [0, 0.1) is 0 Å². The van der Waals surface area contributed by atoms with Crippen LogP contribution in [0.4, 0.5) is 10.5 Å². The molecule has 6 rings (SSSR count). The number of carbonyl (C=O) groups is 5. The summed E-state index contributed by atoms with van der Waals surface area (Å²) < 4.78 is 1.96. The number of piperidine rings is 2. The van der Waals surface area contributed by atoms with Crippen LogP contribution in [-0.2, 0) is 16.1 Å². The average Bonchev–Trinajstić information content (AvgIpc) is 3.58. The molecule has 0 bridgehead atoms. The number of nitrogens with one attached hydrogen (secondary N) is 2. The lowest BCUT2D eigenvalue weighted by atomic mass is 9.99. The zero-order valence-electron chi connectivity index (χ0n) is 21.1. The number of carbonyl (C=O) groups excluding carboxylic acids is 5. The van der Waals surface area contributed by atoms with Gasteiger partial charge < -0.3 is 15.1 Å². The van der Waals surface area contributed by atoms with Gasteiger partial charge >= 0.3 is 6.03 Å². The number of amides is 6. The Morgan fingerprint density at radius 2 is 1.92 bits per heavy atom. The summed E-state index contributed by atoms with van der Waals surface area (Å²) in [6.07, 6.45) is 5.65. The number of anilines is 1. The molecule has 2 aromatic rings. The van der Waals surface area contributed by atoms with Crippen LogP contribution in [0.2, 0.25) is 0 Å². The van der Waals surface area contributed by atoms with E-state index >= 15 is 0 Å². The Hall–Kier alpha value is -4.22. The van der Waals surface area contributed by atoms with Crippen molar-refractivity contribution in [1.82, 2.24) is 29.8 Å². The minimum atomic E-state index is -1.00. The first kappa shape index (κ1) is 24.1. The smallest absolute Gasteiger partial charge is 0.320 e. The summed E-state index contributed by atoms with van der Waals surface area (Å²) in [6.45, 7) is 4.58. The fraction of sp³-hybridized carbons (Fsp3) is 0.462. The van der Waals surface area contributed by atoms with E-state index in [1.807, 2.05) is 27.6 Å². The number of benzene rings is 1. The van der Waals surface area contributed by atoms with E-state index in [0.29, 0.717) is 18.8 Å². The van der Waals surface area contributed by atoms with Gasteiger partial charge in [0.15, 0.2) is 0 Å². The summed E-state index contributed by atoms with van der Waals surface area (Å²) in [5.74, 6) is -2.12. The van der Waals surface area contributed by atoms with Gasteiger partial charge in [0.25, 0.3) is 11.8 Å². The molecule has 0 aliphatic carbocycles. The average molecular weight is 520 g/mol. The summed E-state index contributed by atoms with van der Waals surface area (Å²) in [5.41, 5.74) is 1.88. The van der Waals surface area contributed by atoms with Gasteiger partial charge in [0.2, 0.25) is 11.8 Å². The lowest BCUT2D eigenvalue weighted by molar-refractivity contribution is -0.136. The van der Waals surface area contributed by atoms with Crippen molar-refractivity contribution in [2.24, 2.45) is 0 Å². The second-order valence-corrected chi connectivity index (χ2v) is 10.2. The van der Waals surface area contributed by atoms with Crippen molar-refractivity contribution < 1.29 is 24.0 Å². The van der Waals surface area contributed by atoms with Crippen molar-refractivity contribution in [3.8, 4) is 0 Å². The van der Waals surface area contributed by atoms with E-state index in [-0.39, 0.29) is 42.1 Å². The summed E-state index contributed by atoms with van der Waals surface area (Å²) in [7, 11) is 0. The lowest BCUT2D eigenvalue weighted by Gasteiger charge is -2.33. The van der Waals surface area contributed by atoms with E-state index in [1.165, 1.54) is 0 Å². The van der Waals surface area contributed by atoms with E-state index in [1.54, 1.807) is 24.4 Å². The fourth-order valence-corrected chi connectivity index (χ4v) is 6.00. The maximum absolute atomic E-state index is 13.3. The molecule has 4 aliphatic heterocycles. The topological polar surface area (TPSA) is 137 Å². The molecule has 38 heavy (non-hydrogen) atoms. The second-order valence-electron chi connectivity index (χ2n) is 10.2. The standard InChI is InChI=1S/C26H29N7O5/c1-2-30-14-17-10-16(8-9-31(17)26(30)38)32-13-15(12-28-32)11-27-19-5-3-4-18-22(19)25(37)33(24(18)36)20-6-7-21(34)29-23(20)35/h3-5,12-13,16-17,20,27H,2,6-11,14H2,1H3,(H,29,34,35). The first-order valence-electron chi connectivity index (χ1n) is 13.0. The molecule has 12 nitrogen and oxygen atoms in total. The summed E-state index contributed by atoms with van der Waals surface area (Å²) in [6, 6.07) is 4.53. The van der Waals surface area contributed by atoms with Crippen molar-refractivity contribution in [2.75, 3.05) is 25.0 Å². The van der Waals surface area contributed by atoms with Gasteiger partial charge in [-0.3, -0.25) is 34.1 Å². The van der Waals surface area contributed by atoms with Crippen molar-refractivity contribution >= 4 is 35.3 Å². The van der Waals surface area contributed by atoms with Crippen LogP contribution in [0.15, 0.2) is 30.6 Å². The normalized spacial score (nSPS) is 25.1. The molecule has 5 heterocycles. The number of imide groups is 2. The van der Waals surface area contributed by atoms with Gasteiger partial charge in [-0.15, -0.1) is 0 Å². The molecule has 2 N–H and O–H groups in total. The Morgan fingerprint density at radius 3 is 2.71 bits per heavy atom. The Kier molecular flexibility index (Phi) is 5.88. The molecule has 3 fully saturated rings. The monoisotopic (exact) mass is 519 g/mol. The third-order valence-corrected chi connectivity index (χ3v) is 8.00. The highest BCUT2D eigenvalue weighted by atomic mass is 16.2. The molecule has 6 amide bonds. The number of hydrogen-bond acceptors (Lipinski definition) is 7. The van der Waals surface area contributed by atoms with Crippen LogP contribution in [0.5, 0.6) is 0 Å². The van der Waals surface area contributed by atoms with Gasteiger partial charge in [-0.25, -0.2) is 4.79 Å². The molecule has 0 saturated carbocycles. The van der Waals surface area contributed by atoms with Gasteiger partial charge in [-0.05, 0) is 38.3 Å². The minimum Gasteiger partial charge on any atom is -0.380 e. The van der Waals surface area contributed by atoms with Crippen LogP contribution in [0.3, 0.4) is 0 Å². The van der Waals surface area contributed by atoms with E-state index < -0.39 is 29.7 Å². The Balaban J connectivity index is 1.14. The van der Waals surface area contributed by atoms with Gasteiger partial charge in [-0.2, -0.15) is 5.10 Å². The molecule has 1 aromatic heterocycles. The highest BCUT2D eigenvalue weighted by Crippen LogP contribution is 2.34. The van der Waals surface area contributed by atoms with Crippen LogP contribution < -0.4 is 10.6 Å². The first-order valence-corrected chi connectivity index (χ1v) is 13.0. The molecule has 3 unspecified atom stereocenters. The number of nitrogens with zero attached hydrogens (tertiary/aromatic N) is 5. The molecule has 3 atom stereocenters.